The normalized spacial score (nSPS) is 9.31. The van der Waals surface area contributed by atoms with Crippen molar-refractivity contribution < 1.29 is 14.7 Å². The molecule has 0 aliphatic heterocycles. The number of primary amides is 1. The smallest absolute Gasteiger partial charge is 0.337 e. The summed E-state index contributed by atoms with van der Waals surface area (Å²) >= 11 is 6.48. The standard InChI is InChI=1S/C8H5BrN2O.C7H6BrNO2.CH3NO/c9-5-1-2-6-7(3-5)10-4-11-8(6)12;8-4-1-2-5(7(10)11)6(9)3-4;2-1-3/h1-4H,(H,10,11,12);1-3H,9H2,(H,10,11);1H,(H2,2,3). The Morgan fingerprint density at radius 1 is 1.15 bits per heavy atom. The van der Waals surface area contributed by atoms with Gasteiger partial charge in [0.05, 0.1) is 22.8 Å². The van der Waals surface area contributed by atoms with E-state index in [0.29, 0.717) is 10.9 Å². The second kappa shape index (κ2) is 10.3. The van der Waals surface area contributed by atoms with Crippen LogP contribution in [0, 0.1) is 0 Å². The van der Waals surface area contributed by atoms with Crippen LogP contribution in [0.4, 0.5) is 5.69 Å². The number of nitrogens with one attached hydrogen (secondary N) is 1. The number of H-pyrrole nitrogens is 1. The number of nitrogens with zero attached hydrogens (tertiary/aromatic N) is 1. The van der Waals surface area contributed by atoms with Crippen molar-refractivity contribution in [2.45, 2.75) is 0 Å². The van der Waals surface area contributed by atoms with Gasteiger partial charge in [-0.2, -0.15) is 0 Å². The third kappa shape index (κ3) is 6.30. The van der Waals surface area contributed by atoms with Gasteiger partial charge in [-0.05, 0) is 36.4 Å². The zero-order valence-corrected chi connectivity index (χ0v) is 16.3. The van der Waals surface area contributed by atoms with Gasteiger partial charge in [0.2, 0.25) is 6.41 Å². The highest BCUT2D eigenvalue weighted by atomic mass is 79.9. The minimum Gasteiger partial charge on any atom is -0.478 e. The molecule has 136 valence electrons. The largest absolute Gasteiger partial charge is 0.478 e. The predicted octanol–water partition coefficient (Wildman–Crippen LogP) is 2.52. The quantitative estimate of drug-likeness (QED) is 0.307. The molecule has 0 unspecified atom stereocenters. The Bertz CT molecular complexity index is 976. The van der Waals surface area contributed by atoms with E-state index in [0.717, 1.165) is 8.95 Å². The number of fused-ring (bicyclic) bond motifs is 1. The molecule has 6 N–H and O–H groups in total. The maximum atomic E-state index is 11.2. The fourth-order valence-corrected chi connectivity index (χ4v) is 2.50. The number of anilines is 1. The van der Waals surface area contributed by atoms with E-state index in [1.54, 1.807) is 18.2 Å². The topological polar surface area (TPSA) is 152 Å². The summed E-state index contributed by atoms with van der Waals surface area (Å²) in [6.07, 6.45) is 1.65. The summed E-state index contributed by atoms with van der Waals surface area (Å²) in [7, 11) is 0. The Morgan fingerprint density at radius 2 is 1.73 bits per heavy atom. The summed E-state index contributed by atoms with van der Waals surface area (Å²) in [6, 6.07) is 10.0. The number of carbonyl (C=O) groups excluding carboxylic acids is 1. The van der Waals surface area contributed by atoms with Crippen LogP contribution in [-0.4, -0.2) is 27.5 Å². The first-order valence-electron chi connectivity index (χ1n) is 6.86. The summed E-state index contributed by atoms with van der Waals surface area (Å²) in [5.41, 5.74) is 10.6. The number of nitrogen functional groups attached to an aromatic ring is 1. The Hall–Kier alpha value is -2.72. The van der Waals surface area contributed by atoms with Crippen molar-refractivity contribution in [1.82, 2.24) is 9.97 Å². The lowest BCUT2D eigenvalue weighted by molar-refractivity contribution is -0.106. The van der Waals surface area contributed by atoms with E-state index < -0.39 is 5.97 Å². The number of hydrogen-bond donors (Lipinski definition) is 4. The van der Waals surface area contributed by atoms with Gasteiger partial charge < -0.3 is 21.6 Å². The fourth-order valence-electron chi connectivity index (χ4n) is 1.77. The summed E-state index contributed by atoms with van der Waals surface area (Å²) < 4.78 is 1.70. The molecular weight excluding hydrogens is 472 g/mol. The Kier molecular flexibility index (Phi) is 8.46. The van der Waals surface area contributed by atoms with Crippen LogP contribution in [0.25, 0.3) is 10.9 Å². The van der Waals surface area contributed by atoms with Gasteiger partial charge in [0.1, 0.15) is 0 Å². The average Bonchev–Trinajstić information content (AvgIpc) is 2.55. The van der Waals surface area contributed by atoms with E-state index in [4.69, 9.17) is 15.6 Å². The van der Waals surface area contributed by atoms with E-state index in [1.165, 1.54) is 12.4 Å². The van der Waals surface area contributed by atoms with Crippen LogP contribution in [-0.2, 0) is 4.79 Å². The van der Waals surface area contributed by atoms with Gasteiger partial charge in [-0.1, -0.05) is 31.9 Å². The van der Waals surface area contributed by atoms with Gasteiger partial charge in [-0.25, -0.2) is 9.78 Å². The molecule has 26 heavy (non-hydrogen) atoms. The molecule has 1 heterocycles. The van der Waals surface area contributed by atoms with Gasteiger partial charge in [-0.15, -0.1) is 0 Å². The summed E-state index contributed by atoms with van der Waals surface area (Å²) in [5.74, 6) is -1.00. The minimum atomic E-state index is -1.00. The van der Waals surface area contributed by atoms with E-state index in [2.05, 4.69) is 47.6 Å². The van der Waals surface area contributed by atoms with Gasteiger partial charge >= 0.3 is 5.97 Å². The van der Waals surface area contributed by atoms with Crippen molar-refractivity contribution >= 4 is 60.8 Å². The van der Waals surface area contributed by atoms with Crippen LogP contribution in [0.3, 0.4) is 0 Å². The number of hydrogen-bond acceptors (Lipinski definition) is 5. The maximum Gasteiger partial charge on any atom is 0.337 e. The van der Waals surface area contributed by atoms with E-state index in [1.807, 2.05) is 12.1 Å². The van der Waals surface area contributed by atoms with Crippen molar-refractivity contribution in [3.8, 4) is 0 Å². The highest BCUT2D eigenvalue weighted by molar-refractivity contribution is 9.10. The van der Waals surface area contributed by atoms with Crippen molar-refractivity contribution in [1.29, 1.82) is 0 Å². The van der Waals surface area contributed by atoms with E-state index in [-0.39, 0.29) is 23.2 Å². The van der Waals surface area contributed by atoms with Crippen LogP contribution in [0.1, 0.15) is 10.4 Å². The number of aromatic carboxylic acids is 1. The molecule has 0 atom stereocenters. The molecule has 0 fully saturated rings. The van der Waals surface area contributed by atoms with E-state index >= 15 is 0 Å². The first-order valence-corrected chi connectivity index (χ1v) is 8.45. The molecule has 3 aromatic rings. The van der Waals surface area contributed by atoms with Crippen LogP contribution < -0.4 is 17.0 Å². The van der Waals surface area contributed by atoms with Crippen LogP contribution in [0.5, 0.6) is 0 Å². The lowest BCUT2D eigenvalue weighted by Crippen LogP contribution is -2.05. The van der Waals surface area contributed by atoms with Crippen LogP contribution >= 0.6 is 31.9 Å². The SMILES string of the molecule is NC=O.Nc1cc(Br)ccc1C(=O)O.O=c1[nH]cnc2cc(Br)ccc12. The molecule has 1 amide bonds. The number of carboxylic acids is 1. The highest BCUT2D eigenvalue weighted by Crippen LogP contribution is 2.18. The van der Waals surface area contributed by atoms with Gasteiger partial charge in [0.15, 0.2) is 0 Å². The molecule has 10 heteroatoms. The second-order valence-electron chi connectivity index (χ2n) is 4.57. The lowest BCUT2D eigenvalue weighted by atomic mass is 10.2. The molecule has 0 aliphatic rings. The van der Waals surface area contributed by atoms with Gasteiger partial charge in [0, 0.05) is 14.6 Å². The molecular formula is C16H14Br2N4O4. The number of rotatable bonds is 1. The van der Waals surface area contributed by atoms with Crippen LogP contribution in [0.2, 0.25) is 0 Å². The summed E-state index contributed by atoms with van der Waals surface area (Å²) in [5, 5.41) is 9.17. The number of halogens is 2. The molecule has 0 saturated heterocycles. The number of nitrogens with two attached hydrogens (primary N) is 2. The van der Waals surface area contributed by atoms with Gasteiger partial charge in [-0.3, -0.25) is 9.59 Å². The van der Waals surface area contributed by atoms with Crippen molar-refractivity contribution in [3.63, 3.8) is 0 Å². The molecule has 0 aliphatic carbocycles. The molecule has 3 rings (SSSR count). The van der Waals surface area contributed by atoms with Gasteiger partial charge in [0.25, 0.3) is 5.56 Å². The highest BCUT2D eigenvalue weighted by Gasteiger charge is 2.06. The molecule has 1 aromatic heterocycles. The average molecular weight is 486 g/mol. The zero-order chi connectivity index (χ0) is 19.7. The summed E-state index contributed by atoms with van der Waals surface area (Å²) in [4.78, 5) is 36.7. The third-order valence-corrected chi connectivity index (χ3v) is 3.83. The maximum absolute atomic E-state index is 11.2. The minimum absolute atomic E-state index is 0.104. The van der Waals surface area contributed by atoms with Crippen molar-refractivity contribution in [2.24, 2.45) is 5.73 Å². The Morgan fingerprint density at radius 3 is 2.31 bits per heavy atom. The molecule has 0 bridgehead atoms. The molecule has 2 aromatic carbocycles. The number of aromatic nitrogens is 2. The number of carboxylic acid groups (broad SMARTS) is 1. The Labute approximate surface area is 164 Å². The summed E-state index contributed by atoms with van der Waals surface area (Å²) in [6.45, 7) is 0. The lowest BCUT2D eigenvalue weighted by Gasteiger charge is -1.99. The fraction of sp³-hybridized carbons (Fsp3) is 0. The number of benzene rings is 2. The molecule has 0 radical (unpaired) electrons. The molecule has 0 saturated carbocycles. The monoisotopic (exact) mass is 484 g/mol. The number of carbonyl (C=O) groups is 2. The zero-order valence-electron chi connectivity index (χ0n) is 13.1. The molecule has 0 spiro atoms. The number of aromatic amines is 1. The predicted molar refractivity (Wildman–Crippen MR) is 106 cm³/mol. The second-order valence-corrected chi connectivity index (χ2v) is 6.40. The number of amides is 1. The first kappa shape index (κ1) is 21.3. The van der Waals surface area contributed by atoms with Crippen molar-refractivity contribution in [2.75, 3.05) is 5.73 Å². The first-order chi connectivity index (χ1) is 12.3. The third-order valence-electron chi connectivity index (χ3n) is 2.85. The Balaban J connectivity index is 0.000000227. The molecule has 8 nitrogen and oxygen atoms in total. The van der Waals surface area contributed by atoms with Crippen LogP contribution in [0.15, 0.2) is 56.5 Å². The van der Waals surface area contributed by atoms with E-state index in [9.17, 15) is 9.59 Å². The van der Waals surface area contributed by atoms with Crippen molar-refractivity contribution in [3.05, 3.63) is 67.6 Å².